The van der Waals surface area contributed by atoms with Crippen LogP contribution in [0.1, 0.15) is 21.6 Å². The van der Waals surface area contributed by atoms with Crippen LogP contribution >= 0.6 is 11.6 Å². The van der Waals surface area contributed by atoms with Crippen molar-refractivity contribution in [3.8, 4) is 0 Å². The van der Waals surface area contributed by atoms with Crippen molar-refractivity contribution in [1.82, 2.24) is 9.78 Å². The van der Waals surface area contributed by atoms with Crippen LogP contribution in [0.3, 0.4) is 0 Å². The van der Waals surface area contributed by atoms with Crippen LogP contribution in [0.15, 0.2) is 30.5 Å². The predicted molar refractivity (Wildman–Crippen MR) is 67.4 cm³/mol. The zero-order valence-electron chi connectivity index (χ0n) is 9.77. The van der Waals surface area contributed by atoms with Gasteiger partial charge in [-0.1, -0.05) is 23.7 Å². The quantitative estimate of drug-likeness (QED) is 0.783. The first-order valence-electron chi connectivity index (χ1n) is 5.34. The lowest BCUT2D eigenvalue weighted by atomic mass is 10.0. The molecule has 0 spiro atoms. The van der Waals surface area contributed by atoms with Gasteiger partial charge in [-0.15, -0.1) is 0 Å². The van der Waals surface area contributed by atoms with Crippen LogP contribution < -0.4 is 0 Å². The Kier molecular flexibility index (Phi) is 3.29. The van der Waals surface area contributed by atoms with E-state index in [1.54, 1.807) is 23.0 Å². The average Bonchev–Trinajstić information content (AvgIpc) is 2.61. The number of benzene rings is 1. The van der Waals surface area contributed by atoms with Crippen LogP contribution in [0.4, 0.5) is 0 Å². The molecule has 0 saturated carbocycles. The van der Waals surface area contributed by atoms with E-state index in [4.69, 9.17) is 11.6 Å². The van der Waals surface area contributed by atoms with E-state index in [9.17, 15) is 4.79 Å². The van der Waals surface area contributed by atoms with E-state index in [0.717, 1.165) is 11.3 Å². The highest BCUT2D eigenvalue weighted by molar-refractivity contribution is 6.30. The molecule has 4 heteroatoms. The van der Waals surface area contributed by atoms with Gasteiger partial charge in [0.25, 0.3) is 0 Å². The fraction of sp³-hybridized carbons (Fsp3) is 0.231. The Morgan fingerprint density at radius 3 is 2.53 bits per heavy atom. The van der Waals surface area contributed by atoms with Crippen LogP contribution in [0, 0.1) is 6.92 Å². The molecule has 1 aromatic carbocycles. The van der Waals surface area contributed by atoms with Crippen molar-refractivity contribution in [1.29, 1.82) is 0 Å². The Morgan fingerprint density at radius 2 is 2.00 bits per heavy atom. The third-order valence-corrected chi connectivity index (χ3v) is 2.84. The van der Waals surface area contributed by atoms with Gasteiger partial charge in [0.15, 0.2) is 5.78 Å². The normalized spacial score (nSPS) is 10.5. The van der Waals surface area contributed by atoms with Gasteiger partial charge < -0.3 is 0 Å². The number of halogens is 1. The molecule has 1 heterocycles. The topological polar surface area (TPSA) is 34.9 Å². The highest BCUT2D eigenvalue weighted by atomic mass is 35.5. The number of rotatable bonds is 3. The Balaban J connectivity index is 2.17. The van der Waals surface area contributed by atoms with Gasteiger partial charge in [-0.3, -0.25) is 9.48 Å². The molecule has 0 aliphatic rings. The highest BCUT2D eigenvalue weighted by Gasteiger charge is 2.12. The van der Waals surface area contributed by atoms with Gasteiger partial charge in [0.2, 0.25) is 0 Å². The Hall–Kier alpha value is -1.61. The van der Waals surface area contributed by atoms with Crippen molar-refractivity contribution in [2.45, 2.75) is 13.3 Å². The van der Waals surface area contributed by atoms with Crippen LogP contribution in [-0.4, -0.2) is 15.6 Å². The SMILES string of the molecule is Cc1nn(C)cc1C(=O)Cc1ccc(Cl)cc1. The van der Waals surface area contributed by atoms with Gasteiger partial charge in [-0.25, -0.2) is 0 Å². The molecule has 0 aliphatic heterocycles. The number of nitrogens with zero attached hydrogens (tertiary/aromatic N) is 2. The van der Waals surface area contributed by atoms with Gasteiger partial charge in [-0.2, -0.15) is 5.10 Å². The molecule has 1 aromatic heterocycles. The second-order valence-electron chi connectivity index (χ2n) is 4.03. The number of carbonyl (C=O) groups excluding carboxylic acids is 1. The summed E-state index contributed by atoms with van der Waals surface area (Å²) in [6.45, 7) is 1.84. The Bertz CT molecular complexity index is 543. The smallest absolute Gasteiger partial charge is 0.170 e. The van der Waals surface area contributed by atoms with Gasteiger partial charge >= 0.3 is 0 Å². The van der Waals surface area contributed by atoms with Gasteiger partial charge in [0.1, 0.15) is 0 Å². The number of aryl methyl sites for hydroxylation is 2. The molecule has 0 unspecified atom stereocenters. The van der Waals surface area contributed by atoms with E-state index in [2.05, 4.69) is 5.10 Å². The minimum absolute atomic E-state index is 0.0814. The second kappa shape index (κ2) is 4.72. The minimum atomic E-state index is 0.0814. The molecule has 0 aliphatic carbocycles. The van der Waals surface area contributed by atoms with E-state index >= 15 is 0 Å². The van der Waals surface area contributed by atoms with Crippen molar-refractivity contribution in [3.63, 3.8) is 0 Å². The van der Waals surface area contributed by atoms with Crippen molar-refractivity contribution in [2.24, 2.45) is 7.05 Å². The zero-order valence-corrected chi connectivity index (χ0v) is 10.5. The molecule has 0 N–H and O–H groups in total. The van der Waals surface area contributed by atoms with Crippen LogP contribution in [0.2, 0.25) is 5.02 Å². The lowest BCUT2D eigenvalue weighted by molar-refractivity contribution is 0.0992. The average molecular weight is 249 g/mol. The predicted octanol–water partition coefficient (Wildman–Crippen LogP) is 2.81. The van der Waals surface area contributed by atoms with Crippen molar-refractivity contribution < 1.29 is 4.79 Å². The molecule has 2 rings (SSSR count). The fourth-order valence-electron chi connectivity index (χ4n) is 1.76. The molecular weight excluding hydrogens is 236 g/mol. The summed E-state index contributed by atoms with van der Waals surface area (Å²) in [5.41, 5.74) is 2.41. The molecule has 0 amide bonds. The largest absolute Gasteiger partial charge is 0.294 e. The molecule has 0 atom stereocenters. The van der Waals surface area contributed by atoms with E-state index in [-0.39, 0.29) is 5.78 Å². The zero-order chi connectivity index (χ0) is 12.4. The Labute approximate surface area is 105 Å². The third kappa shape index (κ3) is 2.74. The molecule has 2 aromatic rings. The minimum Gasteiger partial charge on any atom is -0.294 e. The molecule has 0 saturated heterocycles. The van der Waals surface area contributed by atoms with Crippen molar-refractivity contribution >= 4 is 17.4 Å². The highest BCUT2D eigenvalue weighted by Crippen LogP contribution is 2.13. The van der Waals surface area contributed by atoms with E-state index < -0.39 is 0 Å². The van der Waals surface area contributed by atoms with Crippen LogP contribution in [0.25, 0.3) is 0 Å². The summed E-state index contributed by atoms with van der Waals surface area (Å²) in [5.74, 6) is 0.0814. The lowest BCUT2D eigenvalue weighted by Crippen LogP contribution is -2.03. The van der Waals surface area contributed by atoms with Crippen LogP contribution in [-0.2, 0) is 13.5 Å². The van der Waals surface area contributed by atoms with Gasteiger partial charge in [0.05, 0.1) is 11.3 Å². The Morgan fingerprint density at radius 1 is 1.35 bits per heavy atom. The summed E-state index contributed by atoms with van der Waals surface area (Å²) in [7, 11) is 1.81. The lowest BCUT2D eigenvalue weighted by Gasteiger charge is -2.00. The van der Waals surface area contributed by atoms with Gasteiger partial charge in [-0.05, 0) is 24.6 Å². The summed E-state index contributed by atoms with van der Waals surface area (Å²) in [4.78, 5) is 12.0. The van der Waals surface area contributed by atoms with Crippen molar-refractivity contribution in [3.05, 3.63) is 52.3 Å². The molecule has 88 valence electrons. The number of hydrogen-bond acceptors (Lipinski definition) is 2. The first kappa shape index (κ1) is 11.9. The van der Waals surface area contributed by atoms with Crippen LogP contribution in [0.5, 0.6) is 0 Å². The maximum atomic E-state index is 12.0. The standard InChI is InChI=1S/C13H13ClN2O/c1-9-12(8-16(2)15-9)13(17)7-10-3-5-11(14)6-4-10/h3-6,8H,7H2,1-2H3. The van der Waals surface area contributed by atoms with E-state index in [1.807, 2.05) is 26.1 Å². The number of aromatic nitrogens is 2. The number of hydrogen-bond donors (Lipinski definition) is 0. The second-order valence-corrected chi connectivity index (χ2v) is 4.46. The molecule has 0 bridgehead atoms. The van der Waals surface area contributed by atoms with E-state index in [0.29, 0.717) is 17.0 Å². The molecule has 0 fully saturated rings. The first-order valence-corrected chi connectivity index (χ1v) is 5.72. The maximum Gasteiger partial charge on any atom is 0.170 e. The number of Topliss-reactive ketones (excluding diaryl/α,β-unsaturated/α-hetero) is 1. The monoisotopic (exact) mass is 248 g/mol. The molecule has 3 nitrogen and oxygen atoms in total. The van der Waals surface area contributed by atoms with E-state index in [1.165, 1.54) is 0 Å². The molecule has 0 radical (unpaired) electrons. The number of carbonyl (C=O) groups is 1. The van der Waals surface area contributed by atoms with Crippen molar-refractivity contribution in [2.75, 3.05) is 0 Å². The summed E-state index contributed by atoms with van der Waals surface area (Å²) < 4.78 is 1.66. The summed E-state index contributed by atoms with van der Waals surface area (Å²) >= 11 is 5.80. The summed E-state index contributed by atoms with van der Waals surface area (Å²) in [6.07, 6.45) is 2.14. The summed E-state index contributed by atoms with van der Waals surface area (Å²) in [5, 5.41) is 4.84. The fourth-order valence-corrected chi connectivity index (χ4v) is 1.88. The third-order valence-electron chi connectivity index (χ3n) is 2.59. The van der Waals surface area contributed by atoms with Gasteiger partial charge in [0, 0.05) is 24.7 Å². The number of ketones is 1. The molecular formula is C13H13ClN2O. The summed E-state index contributed by atoms with van der Waals surface area (Å²) in [6, 6.07) is 7.32. The molecule has 17 heavy (non-hydrogen) atoms. The first-order chi connectivity index (χ1) is 8.06. The maximum absolute atomic E-state index is 12.0.